The molecule has 5 nitrogen and oxygen atoms in total. The molecule has 0 radical (unpaired) electrons. The van der Waals surface area contributed by atoms with Gasteiger partial charge in [-0.15, -0.1) is 0 Å². The lowest BCUT2D eigenvalue weighted by atomic mass is 10.1. The van der Waals surface area contributed by atoms with Crippen LogP contribution in [0.5, 0.6) is 0 Å². The number of hydrogen-bond acceptors (Lipinski definition) is 4. The molecule has 1 atom stereocenters. The minimum Gasteiger partial charge on any atom is -0.381 e. The zero-order valence-electron chi connectivity index (χ0n) is 10.8. The summed E-state index contributed by atoms with van der Waals surface area (Å²) in [6.45, 7) is 2.02. The molecule has 0 aliphatic carbocycles. The molecule has 1 aromatic rings. The van der Waals surface area contributed by atoms with Crippen molar-refractivity contribution >= 4 is 11.7 Å². The van der Waals surface area contributed by atoms with E-state index in [0.717, 1.165) is 18.5 Å². The number of rotatable bonds is 4. The fraction of sp³-hybridized carbons (Fsp3) is 0.538. The van der Waals surface area contributed by atoms with E-state index in [9.17, 15) is 4.79 Å². The normalized spacial score (nSPS) is 19.2. The van der Waals surface area contributed by atoms with E-state index in [0.29, 0.717) is 19.0 Å². The third-order valence-electron chi connectivity index (χ3n) is 2.87. The first-order valence-corrected chi connectivity index (χ1v) is 6.13. The van der Waals surface area contributed by atoms with Crippen LogP contribution in [0, 0.1) is 5.92 Å². The fourth-order valence-corrected chi connectivity index (χ4v) is 1.98. The van der Waals surface area contributed by atoms with Gasteiger partial charge in [0.1, 0.15) is 5.82 Å². The van der Waals surface area contributed by atoms with Gasteiger partial charge in [0.25, 0.3) is 0 Å². The number of amides is 1. The van der Waals surface area contributed by atoms with Crippen LogP contribution in [0.25, 0.3) is 0 Å². The predicted octanol–water partition coefficient (Wildman–Crippen LogP) is 1.12. The lowest BCUT2D eigenvalue weighted by Crippen LogP contribution is -2.23. The lowest BCUT2D eigenvalue weighted by Gasteiger charge is -2.12. The summed E-state index contributed by atoms with van der Waals surface area (Å²) in [4.78, 5) is 18.1. The summed E-state index contributed by atoms with van der Waals surface area (Å²) >= 11 is 0. The van der Waals surface area contributed by atoms with Crippen LogP contribution in [0.1, 0.15) is 12.0 Å². The van der Waals surface area contributed by atoms with Crippen LogP contribution < -0.4 is 5.32 Å². The van der Waals surface area contributed by atoms with E-state index in [1.807, 2.05) is 26.2 Å². The molecule has 0 aromatic carbocycles. The van der Waals surface area contributed by atoms with Gasteiger partial charge in [-0.2, -0.15) is 0 Å². The molecule has 1 unspecified atom stereocenters. The zero-order valence-corrected chi connectivity index (χ0v) is 10.8. The SMILES string of the molecule is CN(C)Cc1ccnc(NC(=O)C2CCOC2)c1. The van der Waals surface area contributed by atoms with E-state index in [4.69, 9.17) is 4.74 Å². The van der Waals surface area contributed by atoms with Crippen LogP contribution in [-0.4, -0.2) is 43.1 Å². The van der Waals surface area contributed by atoms with Crippen molar-refractivity contribution in [3.8, 4) is 0 Å². The van der Waals surface area contributed by atoms with E-state index >= 15 is 0 Å². The quantitative estimate of drug-likeness (QED) is 0.868. The number of ether oxygens (including phenoxy) is 1. The van der Waals surface area contributed by atoms with Crippen molar-refractivity contribution in [1.29, 1.82) is 0 Å². The molecule has 5 heteroatoms. The summed E-state index contributed by atoms with van der Waals surface area (Å²) in [6, 6.07) is 3.86. The second-order valence-corrected chi connectivity index (χ2v) is 4.84. The monoisotopic (exact) mass is 249 g/mol. The van der Waals surface area contributed by atoms with Gasteiger partial charge in [-0.1, -0.05) is 0 Å². The van der Waals surface area contributed by atoms with Crippen molar-refractivity contribution in [3.63, 3.8) is 0 Å². The third kappa shape index (κ3) is 3.51. The lowest BCUT2D eigenvalue weighted by molar-refractivity contribution is -0.119. The Morgan fingerprint density at radius 2 is 2.44 bits per heavy atom. The first kappa shape index (κ1) is 13.0. The van der Waals surface area contributed by atoms with Gasteiger partial charge in [0.05, 0.1) is 12.5 Å². The minimum atomic E-state index is -0.0377. The molecule has 1 aliphatic rings. The molecule has 0 spiro atoms. The van der Waals surface area contributed by atoms with E-state index < -0.39 is 0 Å². The summed E-state index contributed by atoms with van der Waals surface area (Å²) in [7, 11) is 4.02. The molecule has 2 rings (SSSR count). The summed E-state index contributed by atoms with van der Waals surface area (Å²) in [5, 5.41) is 2.85. The molecule has 0 bridgehead atoms. The summed E-state index contributed by atoms with van der Waals surface area (Å²) < 4.78 is 5.20. The molecule has 0 saturated carbocycles. The van der Waals surface area contributed by atoms with Gasteiger partial charge in [-0.05, 0) is 38.2 Å². The van der Waals surface area contributed by atoms with E-state index in [1.165, 1.54) is 0 Å². The van der Waals surface area contributed by atoms with Crippen molar-refractivity contribution in [3.05, 3.63) is 23.9 Å². The number of carbonyl (C=O) groups excluding carboxylic acids is 1. The Hall–Kier alpha value is -1.46. The molecule has 1 aromatic heterocycles. The van der Waals surface area contributed by atoms with E-state index in [1.54, 1.807) is 6.20 Å². The molecular formula is C13H19N3O2. The van der Waals surface area contributed by atoms with Crippen molar-refractivity contribution in [2.45, 2.75) is 13.0 Å². The molecule has 1 aliphatic heterocycles. The van der Waals surface area contributed by atoms with Gasteiger partial charge in [-0.25, -0.2) is 4.98 Å². The summed E-state index contributed by atoms with van der Waals surface area (Å²) in [5.74, 6) is 0.581. The summed E-state index contributed by atoms with van der Waals surface area (Å²) in [6.07, 6.45) is 2.52. The predicted molar refractivity (Wildman–Crippen MR) is 69.2 cm³/mol. The van der Waals surface area contributed by atoms with Gasteiger partial charge >= 0.3 is 0 Å². The third-order valence-corrected chi connectivity index (χ3v) is 2.87. The average molecular weight is 249 g/mol. The van der Waals surface area contributed by atoms with Crippen LogP contribution >= 0.6 is 0 Å². The minimum absolute atomic E-state index is 0.00185. The zero-order chi connectivity index (χ0) is 13.0. The highest BCUT2D eigenvalue weighted by Gasteiger charge is 2.23. The number of aromatic nitrogens is 1. The highest BCUT2D eigenvalue weighted by Crippen LogP contribution is 2.15. The number of nitrogens with zero attached hydrogens (tertiary/aromatic N) is 2. The second kappa shape index (κ2) is 5.93. The fourth-order valence-electron chi connectivity index (χ4n) is 1.98. The Morgan fingerprint density at radius 1 is 1.61 bits per heavy atom. The molecule has 1 saturated heterocycles. The molecular weight excluding hydrogens is 230 g/mol. The molecule has 98 valence electrons. The van der Waals surface area contributed by atoms with E-state index in [-0.39, 0.29) is 11.8 Å². The standard InChI is InChI=1S/C13H19N3O2/c1-16(2)8-10-3-5-14-12(7-10)15-13(17)11-4-6-18-9-11/h3,5,7,11H,4,6,8-9H2,1-2H3,(H,14,15,17). The second-order valence-electron chi connectivity index (χ2n) is 4.84. The largest absolute Gasteiger partial charge is 0.381 e. The Kier molecular flexibility index (Phi) is 4.28. The maximum atomic E-state index is 11.9. The number of carbonyl (C=O) groups is 1. The van der Waals surface area contributed by atoms with Crippen LogP contribution in [0.2, 0.25) is 0 Å². The number of pyridine rings is 1. The van der Waals surface area contributed by atoms with Gasteiger partial charge in [-0.3, -0.25) is 4.79 Å². The molecule has 1 amide bonds. The van der Waals surface area contributed by atoms with Crippen molar-refractivity contribution < 1.29 is 9.53 Å². The maximum Gasteiger partial charge on any atom is 0.231 e. The van der Waals surface area contributed by atoms with Gasteiger partial charge < -0.3 is 15.0 Å². The molecule has 1 N–H and O–H groups in total. The highest BCUT2D eigenvalue weighted by molar-refractivity contribution is 5.91. The Balaban J connectivity index is 1.97. The number of hydrogen-bond donors (Lipinski definition) is 1. The first-order chi connectivity index (χ1) is 8.65. The van der Waals surface area contributed by atoms with Crippen LogP contribution in [0.3, 0.4) is 0 Å². The number of anilines is 1. The Morgan fingerprint density at radius 3 is 3.11 bits per heavy atom. The summed E-state index contributed by atoms with van der Waals surface area (Å²) in [5.41, 5.74) is 1.13. The molecule has 18 heavy (non-hydrogen) atoms. The first-order valence-electron chi connectivity index (χ1n) is 6.13. The van der Waals surface area contributed by atoms with Crippen LogP contribution in [0.15, 0.2) is 18.3 Å². The van der Waals surface area contributed by atoms with Crippen LogP contribution in [0.4, 0.5) is 5.82 Å². The molecule has 2 heterocycles. The number of nitrogens with one attached hydrogen (secondary N) is 1. The molecule has 1 fully saturated rings. The van der Waals surface area contributed by atoms with Crippen molar-refractivity contribution in [1.82, 2.24) is 9.88 Å². The van der Waals surface area contributed by atoms with Crippen molar-refractivity contribution in [2.75, 3.05) is 32.6 Å². The topological polar surface area (TPSA) is 54.5 Å². The smallest absolute Gasteiger partial charge is 0.231 e. The van der Waals surface area contributed by atoms with Gasteiger partial charge in [0.2, 0.25) is 5.91 Å². The van der Waals surface area contributed by atoms with E-state index in [2.05, 4.69) is 15.2 Å². The van der Waals surface area contributed by atoms with Gasteiger partial charge in [0.15, 0.2) is 0 Å². The van der Waals surface area contributed by atoms with Crippen LogP contribution in [-0.2, 0) is 16.1 Å². The van der Waals surface area contributed by atoms with Crippen molar-refractivity contribution in [2.24, 2.45) is 5.92 Å². The highest BCUT2D eigenvalue weighted by atomic mass is 16.5. The Labute approximate surface area is 107 Å². The maximum absolute atomic E-state index is 11.9. The average Bonchev–Trinajstić information content (AvgIpc) is 2.81. The Bertz CT molecular complexity index is 414. The van der Waals surface area contributed by atoms with Gasteiger partial charge in [0, 0.05) is 19.3 Å².